The molecule has 28 heavy (non-hydrogen) atoms. The molecule has 2 rings (SSSR count). The lowest BCUT2D eigenvalue weighted by Crippen LogP contribution is -2.49. The zero-order chi connectivity index (χ0) is 20.9. The number of rotatable bonds is 8. The first kappa shape index (κ1) is 22.2. The van der Waals surface area contributed by atoms with Gasteiger partial charge in [-0.2, -0.15) is 0 Å². The monoisotopic (exact) mass is 396 g/mol. The van der Waals surface area contributed by atoms with Crippen LogP contribution in [0.25, 0.3) is 0 Å². The van der Waals surface area contributed by atoms with Crippen LogP contribution >= 0.6 is 0 Å². The molecule has 8 nitrogen and oxygen atoms in total. The van der Waals surface area contributed by atoms with Crippen LogP contribution in [0, 0.1) is 17.8 Å². The standard InChI is InChI=1S/C20H32N2O6/c1-20(2,3)28-18(25)14(10-12-7-8-12)17(24)22-15(19(26)27-4)11-13-6-5-9-21-16(13)23/h12-15H,5-11H2,1-4H3,(H,21,23)(H,22,24)/t13-,14-,15-/m0/s1. The van der Waals surface area contributed by atoms with Gasteiger partial charge in [-0.25, -0.2) is 4.79 Å². The fourth-order valence-corrected chi connectivity index (χ4v) is 3.34. The Morgan fingerprint density at radius 1 is 1.14 bits per heavy atom. The van der Waals surface area contributed by atoms with Gasteiger partial charge in [0.25, 0.3) is 0 Å². The van der Waals surface area contributed by atoms with E-state index < -0.39 is 35.4 Å². The smallest absolute Gasteiger partial charge is 0.328 e. The molecule has 3 atom stereocenters. The van der Waals surface area contributed by atoms with Crippen molar-refractivity contribution in [3.05, 3.63) is 0 Å². The molecule has 0 unspecified atom stereocenters. The first-order valence-corrected chi connectivity index (χ1v) is 9.99. The number of ether oxygens (including phenoxy) is 2. The highest BCUT2D eigenvalue weighted by atomic mass is 16.6. The second kappa shape index (κ2) is 9.39. The Hall–Kier alpha value is -2.12. The molecule has 158 valence electrons. The minimum atomic E-state index is -0.976. The van der Waals surface area contributed by atoms with Gasteiger partial charge in [0.05, 0.1) is 7.11 Å². The van der Waals surface area contributed by atoms with Crippen molar-refractivity contribution in [3.63, 3.8) is 0 Å². The number of esters is 2. The van der Waals surface area contributed by atoms with Crippen LogP contribution < -0.4 is 10.6 Å². The molecule has 0 radical (unpaired) electrons. The minimum Gasteiger partial charge on any atom is -0.467 e. The van der Waals surface area contributed by atoms with Crippen molar-refractivity contribution < 1.29 is 28.7 Å². The summed E-state index contributed by atoms with van der Waals surface area (Å²) in [5.74, 6) is -2.91. The molecule has 0 spiro atoms. The van der Waals surface area contributed by atoms with E-state index >= 15 is 0 Å². The number of hydrogen-bond donors (Lipinski definition) is 2. The lowest BCUT2D eigenvalue weighted by molar-refractivity contribution is -0.164. The van der Waals surface area contributed by atoms with Gasteiger partial charge in [-0.05, 0) is 52.4 Å². The van der Waals surface area contributed by atoms with E-state index in [0.29, 0.717) is 25.3 Å². The second-order valence-corrected chi connectivity index (χ2v) is 8.72. The van der Waals surface area contributed by atoms with E-state index in [1.165, 1.54) is 7.11 Å². The zero-order valence-corrected chi connectivity index (χ0v) is 17.2. The fourth-order valence-electron chi connectivity index (χ4n) is 3.34. The van der Waals surface area contributed by atoms with Crippen LogP contribution in [0.1, 0.15) is 59.3 Å². The van der Waals surface area contributed by atoms with Crippen LogP contribution in [-0.2, 0) is 28.7 Å². The van der Waals surface area contributed by atoms with Crippen molar-refractivity contribution in [3.8, 4) is 0 Å². The Kier molecular flexibility index (Phi) is 7.43. The summed E-state index contributed by atoms with van der Waals surface area (Å²) < 4.78 is 10.2. The zero-order valence-electron chi connectivity index (χ0n) is 17.2. The Bertz CT molecular complexity index is 608. The summed E-state index contributed by atoms with van der Waals surface area (Å²) in [6.07, 6.45) is 3.98. The van der Waals surface area contributed by atoms with Crippen LogP contribution in [0.5, 0.6) is 0 Å². The Balaban J connectivity index is 2.07. The van der Waals surface area contributed by atoms with E-state index in [1.54, 1.807) is 20.8 Å². The van der Waals surface area contributed by atoms with Crippen molar-refractivity contribution in [1.29, 1.82) is 0 Å². The average molecular weight is 396 g/mol. The van der Waals surface area contributed by atoms with E-state index in [2.05, 4.69) is 10.6 Å². The lowest BCUT2D eigenvalue weighted by Gasteiger charge is -2.27. The highest BCUT2D eigenvalue weighted by Gasteiger charge is 2.39. The molecule has 1 saturated heterocycles. The van der Waals surface area contributed by atoms with Crippen LogP contribution in [0.2, 0.25) is 0 Å². The van der Waals surface area contributed by atoms with Crippen LogP contribution in [0.4, 0.5) is 0 Å². The average Bonchev–Trinajstić information content (AvgIpc) is 3.42. The molecule has 2 fully saturated rings. The van der Waals surface area contributed by atoms with E-state index in [4.69, 9.17) is 9.47 Å². The minimum absolute atomic E-state index is 0.129. The summed E-state index contributed by atoms with van der Waals surface area (Å²) in [4.78, 5) is 49.7. The molecule has 0 bridgehead atoms. The molecular weight excluding hydrogens is 364 g/mol. The molecule has 1 heterocycles. The van der Waals surface area contributed by atoms with Gasteiger partial charge in [0.15, 0.2) is 0 Å². The van der Waals surface area contributed by atoms with Crippen LogP contribution in [-0.4, -0.2) is 49.1 Å². The summed E-state index contributed by atoms with van der Waals surface area (Å²) in [5, 5.41) is 5.41. The third-order valence-electron chi connectivity index (χ3n) is 5.00. The number of piperidine rings is 1. The number of amides is 2. The Morgan fingerprint density at radius 2 is 1.82 bits per heavy atom. The molecule has 2 amide bonds. The Morgan fingerprint density at radius 3 is 2.36 bits per heavy atom. The molecule has 2 N–H and O–H groups in total. The molecule has 8 heteroatoms. The number of hydrogen-bond acceptors (Lipinski definition) is 6. The quantitative estimate of drug-likeness (QED) is 0.473. The number of carbonyl (C=O) groups excluding carboxylic acids is 4. The number of nitrogens with one attached hydrogen (secondary N) is 2. The maximum Gasteiger partial charge on any atom is 0.328 e. The molecule has 1 aliphatic heterocycles. The van der Waals surface area contributed by atoms with Crippen LogP contribution in [0.3, 0.4) is 0 Å². The topological polar surface area (TPSA) is 111 Å². The lowest BCUT2D eigenvalue weighted by atomic mass is 9.91. The molecule has 1 saturated carbocycles. The second-order valence-electron chi connectivity index (χ2n) is 8.72. The van der Waals surface area contributed by atoms with Crippen molar-refractivity contribution in [2.24, 2.45) is 17.8 Å². The highest BCUT2D eigenvalue weighted by Crippen LogP contribution is 2.36. The summed E-state index contributed by atoms with van der Waals surface area (Å²) in [6.45, 7) is 5.86. The summed E-state index contributed by atoms with van der Waals surface area (Å²) in [6, 6.07) is -0.976. The maximum absolute atomic E-state index is 12.9. The van der Waals surface area contributed by atoms with E-state index in [0.717, 1.165) is 19.3 Å². The van der Waals surface area contributed by atoms with Gasteiger partial charge in [-0.15, -0.1) is 0 Å². The van der Waals surface area contributed by atoms with Gasteiger partial charge < -0.3 is 20.1 Å². The summed E-state index contributed by atoms with van der Waals surface area (Å²) >= 11 is 0. The molecule has 0 aromatic rings. The molecule has 2 aliphatic rings. The highest BCUT2D eigenvalue weighted by molar-refractivity contribution is 5.99. The Labute approximate surface area is 166 Å². The summed E-state index contributed by atoms with van der Waals surface area (Å²) in [5.41, 5.74) is -0.707. The predicted octanol–water partition coefficient (Wildman–Crippen LogP) is 1.32. The van der Waals surface area contributed by atoms with Gasteiger partial charge in [0.1, 0.15) is 17.6 Å². The molecule has 0 aromatic heterocycles. The van der Waals surface area contributed by atoms with Gasteiger partial charge >= 0.3 is 11.9 Å². The van der Waals surface area contributed by atoms with Gasteiger partial charge in [-0.1, -0.05) is 12.8 Å². The van der Waals surface area contributed by atoms with Crippen molar-refractivity contribution in [1.82, 2.24) is 10.6 Å². The first-order chi connectivity index (χ1) is 13.1. The normalized spacial score (nSPS) is 21.9. The predicted molar refractivity (Wildman–Crippen MR) is 101 cm³/mol. The van der Waals surface area contributed by atoms with E-state index in [-0.39, 0.29) is 18.2 Å². The van der Waals surface area contributed by atoms with Crippen LogP contribution in [0.15, 0.2) is 0 Å². The SMILES string of the molecule is COC(=O)[C@H](C[C@@H]1CCCNC1=O)NC(=O)[C@H](CC1CC1)C(=O)OC(C)(C)C. The molecule has 1 aliphatic carbocycles. The van der Waals surface area contributed by atoms with Gasteiger partial charge in [-0.3, -0.25) is 14.4 Å². The maximum atomic E-state index is 12.9. The fraction of sp³-hybridized carbons (Fsp3) is 0.800. The van der Waals surface area contributed by atoms with Gasteiger partial charge in [0, 0.05) is 12.5 Å². The molecule has 0 aromatic carbocycles. The van der Waals surface area contributed by atoms with E-state index in [1.807, 2.05) is 0 Å². The third kappa shape index (κ3) is 6.80. The summed E-state index contributed by atoms with van der Waals surface area (Å²) in [7, 11) is 1.23. The third-order valence-corrected chi connectivity index (χ3v) is 5.00. The van der Waals surface area contributed by atoms with Crippen molar-refractivity contribution in [2.45, 2.75) is 70.9 Å². The van der Waals surface area contributed by atoms with Gasteiger partial charge in [0.2, 0.25) is 11.8 Å². The van der Waals surface area contributed by atoms with Crippen molar-refractivity contribution >= 4 is 23.8 Å². The molecular formula is C20H32N2O6. The number of carbonyl (C=O) groups is 4. The van der Waals surface area contributed by atoms with E-state index in [9.17, 15) is 19.2 Å². The van der Waals surface area contributed by atoms with Crippen molar-refractivity contribution in [2.75, 3.05) is 13.7 Å². The first-order valence-electron chi connectivity index (χ1n) is 9.99. The largest absolute Gasteiger partial charge is 0.467 e. The number of methoxy groups -OCH3 is 1.